The van der Waals surface area contributed by atoms with Gasteiger partial charge in [-0.1, -0.05) is 31.5 Å². The first-order valence-corrected chi connectivity index (χ1v) is 7.16. The number of hydrogen-bond donors (Lipinski definition) is 2. The molecule has 106 valence electrons. The highest BCUT2D eigenvalue weighted by molar-refractivity contribution is 6.03. The Morgan fingerprint density at radius 1 is 1.30 bits per heavy atom. The van der Waals surface area contributed by atoms with Crippen LogP contribution in [0.15, 0.2) is 30.3 Å². The number of pyridine rings is 1. The quantitative estimate of drug-likeness (QED) is 0.626. The molecule has 0 saturated carbocycles. The number of nitrogens with two attached hydrogens (primary N) is 1. The average Bonchev–Trinajstić information content (AvgIpc) is 2.47. The fourth-order valence-electron chi connectivity index (χ4n) is 2.31. The Kier molecular flexibility index (Phi) is 4.56. The minimum absolute atomic E-state index is 0.0770. The maximum Gasteiger partial charge on any atom is 0.140 e. The molecule has 2 rings (SSSR count). The Bertz CT molecular complexity index is 606. The number of para-hydroxylation sites is 1. The molecule has 0 fully saturated rings. The van der Waals surface area contributed by atoms with Crippen molar-refractivity contribution >= 4 is 22.6 Å². The predicted molar refractivity (Wildman–Crippen MR) is 85.6 cm³/mol. The second-order valence-electron chi connectivity index (χ2n) is 4.90. The van der Waals surface area contributed by atoms with Crippen molar-refractivity contribution in [2.24, 2.45) is 5.73 Å². The highest BCUT2D eigenvalue weighted by Crippen LogP contribution is 2.23. The van der Waals surface area contributed by atoms with E-state index in [-0.39, 0.29) is 5.84 Å². The molecule has 0 unspecified atom stereocenters. The van der Waals surface area contributed by atoms with E-state index in [9.17, 15) is 0 Å². The van der Waals surface area contributed by atoms with Crippen LogP contribution >= 0.6 is 0 Å². The number of fused-ring (bicyclic) bond motifs is 1. The summed E-state index contributed by atoms with van der Waals surface area (Å²) in [6, 6.07) is 9.92. The fourth-order valence-corrected chi connectivity index (χ4v) is 2.31. The van der Waals surface area contributed by atoms with Crippen LogP contribution in [0.5, 0.6) is 0 Å². The van der Waals surface area contributed by atoms with Gasteiger partial charge >= 0.3 is 0 Å². The molecule has 1 aromatic heterocycles. The number of benzene rings is 1. The van der Waals surface area contributed by atoms with Crippen molar-refractivity contribution < 1.29 is 0 Å². The number of hydrogen-bond acceptors (Lipinski definition) is 3. The summed E-state index contributed by atoms with van der Waals surface area (Å²) in [5.41, 5.74) is 7.41. The van der Waals surface area contributed by atoms with E-state index in [0.29, 0.717) is 0 Å². The van der Waals surface area contributed by atoms with Crippen molar-refractivity contribution in [3.63, 3.8) is 0 Å². The van der Waals surface area contributed by atoms with E-state index in [0.717, 1.165) is 48.2 Å². The summed E-state index contributed by atoms with van der Waals surface area (Å²) in [5.74, 6) is 0.903. The van der Waals surface area contributed by atoms with Crippen LogP contribution in [0.2, 0.25) is 0 Å². The van der Waals surface area contributed by atoms with Gasteiger partial charge in [0, 0.05) is 18.5 Å². The first-order chi connectivity index (χ1) is 9.67. The smallest absolute Gasteiger partial charge is 0.140 e. The Morgan fingerprint density at radius 3 is 2.70 bits per heavy atom. The molecule has 20 heavy (non-hydrogen) atoms. The molecular formula is C16H22N4. The van der Waals surface area contributed by atoms with E-state index < -0.39 is 0 Å². The molecule has 0 radical (unpaired) electrons. The standard InChI is InChI=1S/C16H22N4/c1-3-5-10-20(4-2)16-13(15(17)18)11-12-8-6-7-9-14(12)19-16/h6-9,11H,3-5,10H2,1-2H3,(H3,17,18). The van der Waals surface area contributed by atoms with E-state index >= 15 is 0 Å². The van der Waals surface area contributed by atoms with Gasteiger partial charge < -0.3 is 10.6 Å². The lowest BCUT2D eigenvalue weighted by Crippen LogP contribution is -2.28. The van der Waals surface area contributed by atoms with Crippen molar-refractivity contribution in [2.75, 3.05) is 18.0 Å². The van der Waals surface area contributed by atoms with Gasteiger partial charge in [-0.05, 0) is 25.5 Å². The summed E-state index contributed by atoms with van der Waals surface area (Å²) in [4.78, 5) is 6.93. The van der Waals surface area contributed by atoms with E-state index in [4.69, 9.17) is 16.1 Å². The lowest BCUT2D eigenvalue weighted by atomic mass is 10.1. The molecule has 1 aromatic carbocycles. The number of rotatable bonds is 6. The lowest BCUT2D eigenvalue weighted by molar-refractivity contribution is 0.725. The molecule has 0 saturated heterocycles. The highest BCUT2D eigenvalue weighted by Gasteiger charge is 2.14. The number of unbranched alkanes of at least 4 members (excludes halogenated alkanes) is 1. The van der Waals surface area contributed by atoms with Crippen molar-refractivity contribution in [2.45, 2.75) is 26.7 Å². The Labute approximate surface area is 120 Å². The predicted octanol–water partition coefficient (Wildman–Crippen LogP) is 3.15. The summed E-state index contributed by atoms with van der Waals surface area (Å²) >= 11 is 0. The molecular weight excluding hydrogens is 248 g/mol. The minimum Gasteiger partial charge on any atom is -0.384 e. The molecule has 0 aliphatic heterocycles. The van der Waals surface area contributed by atoms with Gasteiger partial charge in [-0.3, -0.25) is 5.41 Å². The van der Waals surface area contributed by atoms with Gasteiger partial charge in [0.05, 0.1) is 11.1 Å². The summed E-state index contributed by atoms with van der Waals surface area (Å²) in [5, 5.41) is 8.83. The highest BCUT2D eigenvalue weighted by atomic mass is 15.2. The molecule has 4 nitrogen and oxygen atoms in total. The summed E-state index contributed by atoms with van der Waals surface area (Å²) in [6.07, 6.45) is 2.25. The van der Waals surface area contributed by atoms with Crippen molar-refractivity contribution in [3.8, 4) is 0 Å². The molecule has 0 atom stereocenters. The van der Waals surface area contributed by atoms with E-state index in [1.807, 2.05) is 30.3 Å². The molecule has 0 bridgehead atoms. The normalized spacial score (nSPS) is 10.7. The molecule has 3 N–H and O–H groups in total. The summed E-state index contributed by atoms with van der Waals surface area (Å²) in [7, 11) is 0. The molecule has 1 heterocycles. The van der Waals surface area contributed by atoms with Crippen molar-refractivity contribution in [1.29, 1.82) is 5.41 Å². The van der Waals surface area contributed by atoms with Crippen LogP contribution < -0.4 is 10.6 Å². The molecule has 0 amide bonds. The second-order valence-corrected chi connectivity index (χ2v) is 4.90. The zero-order valence-corrected chi connectivity index (χ0v) is 12.2. The van der Waals surface area contributed by atoms with E-state index in [2.05, 4.69) is 18.7 Å². The van der Waals surface area contributed by atoms with Gasteiger partial charge in [0.15, 0.2) is 0 Å². The topological polar surface area (TPSA) is 66.0 Å². The Hall–Kier alpha value is -2.10. The van der Waals surface area contributed by atoms with Crippen LogP contribution in [-0.2, 0) is 0 Å². The minimum atomic E-state index is 0.0770. The molecule has 2 aromatic rings. The Balaban J connectivity index is 2.53. The zero-order valence-electron chi connectivity index (χ0n) is 12.2. The van der Waals surface area contributed by atoms with Gasteiger partial charge in [0.1, 0.15) is 11.7 Å². The number of nitrogen functional groups attached to an aromatic ring is 1. The number of anilines is 1. The maximum absolute atomic E-state index is 7.81. The van der Waals surface area contributed by atoms with E-state index in [1.165, 1.54) is 0 Å². The van der Waals surface area contributed by atoms with Gasteiger partial charge in [0.2, 0.25) is 0 Å². The number of nitrogens with one attached hydrogen (secondary N) is 1. The Morgan fingerprint density at radius 2 is 2.05 bits per heavy atom. The SMILES string of the molecule is CCCCN(CC)c1nc2ccccc2cc1C(=N)N. The van der Waals surface area contributed by atoms with Gasteiger partial charge in [-0.15, -0.1) is 0 Å². The van der Waals surface area contributed by atoms with Gasteiger partial charge in [0.25, 0.3) is 0 Å². The average molecular weight is 270 g/mol. The number of amidine groups is 1. The third kappa shape index (κ3) is 2.90. The monoisotopic (exact) mass is 270 g/mol. The molecule has 0 aliphatic rings. The molecule has 4 heteroatoms. The lowest BCUT2D eigenvalue weighted by Gasteiger charge is -2.24. The van der Waals surface area contributed by atoms with Crippen LogP contribution in [0.25, 0.3) is 10.9 Å². The first kappa shape index (κ1) is 14.3. The van der Waals surface area contributed by atoms with Crippen LogP contribution in [0.1, 0.15) is 32.3 Å². The molecule has 0 aliphatic carbocycles. The van der Waals surface area contributed by atoms with Gasteiger partial charge in [-0.25, -0.2) is 4.98 Å². The first-order valence-electron chi connectivity index (χ1n) is 7.16. The van der Waals surface area contributed by atoms with Crippen LogP contribution in [0.4, 0.5) is 5.82 Å². The van der Waals surface area contributed by atoms with Crippen molar-refractivity contribution in [3.05, 3.63) is 35.9 Å². The summed E-state index contributed by atoms with van der Waals surface area (Å²) in [6.45, 7) is 6.09. The number of nitrogens with zero attached hydrogens (tertiary/aromatic N) is 2. The van der Waals surface area contributed by atoms with Crippen LogP contribution in [0.3, 0.4) is 0 Å². The maximum atomic E-state index is 7.81. The number of aromatic nitrogens is 1. The second kappa shape index (κ2) is 6.37. The largest absolute Gasteiger partial charge is 0.384 e. The van der Waals surface area contributed by atoms with Gasteiger partial charge in [-0.2, -0.15) is 0 Å². The zero-order chi connectivity index (χ0) is 14.5. The van der Waals surface area contributed by atoms with E-state index in [1.54, 1.807) is 0 Å². The van der Waals surface area contributed by atoms with Crippen molar-refractivity contribution in [1.82, 2.24) is 4.98 Å². The third-order valence-electron chi connectivity index (χ3n) is 3.46. The third-order valence-corrected chi connectivity index (χ3v) is 3.46. The van der Waals surface area contributed by atoms with Crippen LogP contribution in [-0.4, -0.2) is 23.9 Å². The summed E-state index contributed by atoms with van der Waals surface area (Å²) < 4.78 is 0. The molecule has 0 spiro atoms. The fraction of sp³-hybridized carbons (Fsp3) is 0.375. The van der Waals surface area contributed by atoms with Crippen LogP contribution in [0, 0.1) is 5.41 Å².